The number of esters is 1. The van der Waals surface area contributed by atoms with Gasteiger partial charge in [0.1, 0.15) is 17.3 Å². The normalized spacial score (nSPS) is 14.0. The number of hydrogen-bond donors (Lipinski definition) is 0. The van der Waals surface area contributed by atoms with Gasteiger partial charge in [-0.2, -0.15) is 0 Å². The number of hydrogen-bond acceptors (Lipinski definition) is 6. The highest BCUT2D eigenvalue weighted by Crippen LogP contribution is 2.35. The van der Waals surface area contributed by atoms with Crippen molar-refractivity contribution in [3.05, 3.63) is 81.4 Å². The predicted molar refractivity (Wildman–Crippen MR) is 106 cm³/mol. The summed E-state index contributed by atoms with van der Waals surface area (Å²) in [5.41, 5.74) is 1.14. The molecule has 2 heterocycles. The second-order valence-corrected chi connectivity index (χ2v) is 7.07. The third-order valence-corrected chi connectivity index (χ3v) is 4.54. The lowest BCUT2D eigenvalue weighted by molar-refractivity contribution is -0.134. The predicted octanol–water partition coefficient (Wildman–Crippen LogP) is 5.14. The van der Waals surface area contributed by atoms with Crippen LogP contribution in [0.3, 0.4) is 0 Å². The Morgan fingerprint density at radius 2 is 2.00 bits per heavy atom. The maximum absolute atomic E-state index is 12.5. The van der Waals surface area contributed by atoms with E-state index in [0.29, 0.717) is 28.5 Å². The van der Waals surface area contributed by atoms with Gasteiger partial charge in [0.15, 0.2) is 10.9 Å². The summed E-state index contributed by atoms with van der Waals surface area (Å²) in [5, 5.41) is 4.34. The van der Waals surface area contributed by atoms with E-state index in [1.54, 1.807) is 36.4 Å². The van der Waals surface area contributed by atoms with E-state index in [-0.39, 0.29) is 28.9 Å². The molecule has 0 spiro atoms. The average molecular weight is 430 g/mol. The first kappa shape index (κ1) is 19.2. The van der Waals surface area contributed by atoms with Crippen LogP contribution in [0.5, 0.6) is 11.5 Å². The maximum atomic E-state index is 12.5. The number of carbonyl (C=O) groups excluding carboxylic acids is 2. The van der Waals surface area contributed by atoms with E-state index < -0.39 is 5.97 Å². The van der Waals surface area contributed by atoms with Gasteiger partial charge >= 0.3 is 5.97 Å². The Morgan fingerprint density at radius 3 is 2.76 bits per heavy atom. The van der Waals surface area contributed by atoms with Crippen molar-refractivity contribution in [1.29, 1.82) is 0 Å². The first-order chi connectivity index (χ1) is 14.0. The van der Waals surface area contributed by atoms with Crippen molar-refractivity contribution in [1.82, 2.24) is 5.16 Å². The van der Waals surface area contributed by atoms with Gasteiger partial charge in [0.05, 0.1) is 12.0 Å². The number of carbonyl (C=O) groups is 2. The third-order valence-electron chi connectivity index (χ3n) is 4.13. The Kier molecular flexibility index (Phi) is 5.38. The summed E-state index contributed by atoms with van der Waals surface area (Å²) in [6, 6.07) is 13.2. The second-order valence-electron chi connectivity index (χ2n) is 6.24. The van der Waals surface area contributed by atoms with Crippen LogP contribution in [0.25, 0.3) is 6.08 Å². The monoisotopic (exact) mass is 429 g/mol. The first-order valence-corrected chi connectivity index (χ1v) is 9.39. The van der Waals surface area contributed by atoms with Gasteiger partial charge in [-0.1, -0.05) is 40.5 Å². The van der Waals surface area contributed by atoms with E-state index in [2.05, 4.69) is 5.16 Å². The number of ether oxygens (including phenoxy) is 2. The Labute approximate surface area is 175 Å². The number of fused-ring (bicyclic) bond motifs is 1. The Morgan fingerprint density at radius 1 is 1.14 bits per heavy atom. The van der Waals surface area contributed by atoms with Crippen LogP contribution in [0.15, 0.2) is 58.8 Å². The molecule has 0 aliphatic carbocycles. The summed E-state index contributed by atoms with van der Waals surface area (Å²) >= 11 is 11.6. The quantitative estimate of drug-likeness (QED) is 0.317. The number of allylic oxidation sites excluding steroid dienone is 1. The second kappa shape index (κ2) is 8.11. The highest BCUT2D eigenvalue weighted by Gasteiger charge is 2.28. The van der Waals surface area contributed by atoms with Gasteiger partial charge in [0, 0.05) is 23.6 Å². The van der Waals surface area contributed by atoms with E-state index in [1.165, 1.54) is 12.1 Å². The number of Topliss-reactive ketones (excluding diaryl/α,β-unsaturated/α-hetero) is 1. The van der Waals surface area contributed by atoms with Crippen molar-refractivity contribution in [2.75, 3.05) is 0 Å². The van der Waals surface area contributed by atoms with Crippen LogP contribution in [0, 0.1) is 0 Å². The average Bonchev–Trinajstić information content (AvgIpc) is 3.23. The van der Waals surface area contributed by atoms with E-state index in [4.69, 9.17) is 37.2 Å². The molecule has 1 aliphatic heterocycles. The van der Waals surface area contributed by atoms with Crippen molar-refractivity contribution in [2.45, 2.75) is 12.8 Å². The Balaban J connectivity index is 1.43. The number of ketones is 1. The van der Waals surface area contributed by atoms with Crippen LogP contribution in [0.1, 0.15) is 28.1 Å². The maximum Gasteiger partial charge on any atom is 0.311 e. The lowest BCUT2D eigenvalue weighted by Crippen LogP contribution is -2.08. The fraction of sp³-hybridized carbons (Fsp3) is 0.0952. The van der Waals surface area contributed by atoms with Crippen LogP contribution in [-0.2, 0) is 11.2 Å². The molecule has 0 bridgehead atoms. The van der Waals surface area contributed by atoms with Gasteiger partial charge in [-0.3, -0.25) is 9.59 Å². The molecule has 0 saturated carbocycles. The topological polar surface area (TPSA) is 78.6 Å². The van der Waals surface area contributed by atoms with Crippen LogP contribution in [-0.4, -0.2) is 16.9 Å². The summed E-state index contributed by atoms with van der Waals surface area (Å²) in [5.74, 6) is 0.562. The zero-order valence-electron chi connectivity index (χ0n) is 14.9. The molecule has 146 valence electrons. The Hall–Kier alpha value is -3.09. The molecule has 2 aromatic carbocycles. The minimum absolute atomic E-state index is 0.0856. The van der Waals surface area contributed by atoms with E-state index in [9.17, 15) is 9.59 Å². The van der Waals surface area contributed by atoms with Crippen molar-refractivity contribution < 1.29 is 23.6 Å². The zero-order valence-corrected chi connectivity index (χ0v) is 16.4. The van der Waals surface area contributed by atoms with Crippen LogP contribution in [0.2, 0.25) is 10.2 Å². The van der Waals surface area contributed by atoms with Gasteiger partial charge in [-0.05, 0) is 35.9 Å². The molecule has 0 amide bonds. The summed E-state index contributed by atoms with van der Waals surface area (Å²) in [6.45, 7) is 0. The van der Waals surface area contributed by atoms with Crippen LogP contribution < -0.4 is 9.47 Å². The van der Waals surface area contributed by atoms with Crippen molar-refractivity contribution in [3.63, 3.8) is 0 Å². The molecule has 0 radical (unpaired) electrons. The number of benzene rings is 2. The van der Waals surface area contributed by atoms with Gasteiger partial charge in [-0.25, -0.2) is 0 Å². The highest BCUT2D eigenvalue weighted by atomic mass is 35.5. The first-order valence-electron chi connectivity index (χ1n) is 8.63. The SMILES string of the molecule is O=C(CCc1cc(Cl)no1)Oc1ccc2c(c1)O/C(=C\c1cccc(Cl)c1)C2=O. The molecule has 1 aromatic heterocycles. The van der Waals surface area contributed by atoms with Gasteiger partial charge in [0.25, 0.3) is 0 Å². The molecular formula is C21H13Cl2NO5. The number of aryl methyl sites for hydroxylation is 1. The van der Waals surface area contributed by atoms with Crippen molar-refractivity contribution >= 4 is 41.0 Å². The van der Waals surface area contributed by atoms with E-state index in [0.717, 1.165) is 5.56 Å². The molecule has 3 aromatic rings. The molecule has 0 fully saturated rings. The smallest absolute Gasteiger partial charge is 0.311 e. The molecule has 1 aliphatic rings. The fourth-order valence-corrected chi connectivity index (χ4v) is 3.15. The zero-order chi connectivity index (χ0) is 20.4. The minimum atomic E-state index is -0.462. The largest absolute Gasteiger partial charge is 0.452 e. The highest BCUT2D eigenvalue weighted by molar-refractivity contribution is 6.30. The van der Waals surface area contributed by atoms with E-state index >= 15 is 0 Å². The van der Waals surface area contributed by atoms with E-state index in [1.807, 2.05) is 6.07 Å². The van der Waals surface area contributed by atoms with Crippen molar-refractivity contribution in [3.8, 4) is 11.5 Å². The third kappa shape index (κ3) is 4.50. The Bertz CT molecular complexity index is 1140. The fourth-order valence-electron chi connectivity index (χ4n) is 2.79. The molecule has 6 nitrogen and oxygen atoms in total. The molecular weight excluding hydrogens is 417 g/mol. The molecule has 0 saturated heterocycles. The molecule has 4 rings (SSSR count). The van der Waals surface area contributed by atoms with Gasteiger partial charge in [0.2, 0.25) is 5.78 Å². The number of halogens is 2. The minimum Gasteiger partial charge on any atom is -0.452 e. The molecule has 8 heteroatoms. The van der Waals surface area contributed by atoms with Gasteiger partial charge in [-0.15, -0.1) is 0 Å². The standard InChI is InChI=1S/C21H13Cl2NO5/c22-13-3-1-2-12(8-13)9-18-21(26)16-6-4-14(10-17(16)28-18)27-20(25)7-5-15-11-19(23)24-29-15/h1-4,6,8-11H,5,7H2/b18-9-. The number of rotatable bonds is 5. The number of aromatic nitrogens is 1. The van der Waals surface area contributed by atoms with Crippen LogP contribution >= 0.6 is 23.2 Å². The summed E-state index contributed by atoms with van der Waals surface area (Å²) in [7, 11) is 0. The molecule has 0 unspecified atom stereocenters. The van der Waals surface area contributed by atoms with Crippen LogP contribution in [0.4, 0.5) is 0 Å². The van der Waals surface area contributed by atoms with Gasteiger partial charge < -0.3 is 14.0 Å². The molecule has 29 heavy (non-hydrogen) atoms. The summed E-state index contributed by atoms with van der Waals surface area (Å²) < 4.78 is 15.9. The molecule has 0 N–H and O–H groups in total. The number of nitrogens with zero attached hydrogens (tertiary/aromatic N) is 1. The summed E-state index contributed by atoms with van der Waals surface area (Å²) in [4.78, 5) is 24.6. The lowest BCUT2D eigenvalue weighted by Gasteiger charge is -2.05. The molecule has 0 atom stereocenters. The van der Waals surface area contributed by atoms with Crippen molar-refractivity contribution in [2.24, 2.45) is 0 Å². The summed E-state index contributed by atoms with van der Waals surface area (Å²) in [6.07, 6.45) is 2.01. The lowest BCUT2D eigenvalue weighted by atomic mass is 10.1.